The van der Waals surface area contributed by atoms with Crippen LogP contribution in [-0.2, 0) is 23.9 Å². The van der Waals surface area contributed by atoms with Gasteiger partial charge in [0.15, 0.2) is 5.78 Å². The lowest BCUT2D eigenvalue weighted by Gasteiger charge is -2.28. The maximum atomic E-state index is 13.3. The van der Waals surface area contributed by atoms with Gasteiger partial charge < -0.3 is 19.3 Å². The summed E-state index contributed by atoms with van der Waals surface area (Å²) >= 11 is 0. The van der Waals surface area contributed by atoms with Gasteiger partial charge in [0.1, 0.15) is 5.75 Å². The van der Waals surface area contributed by atoms with E-state index in [0.717, 1.165) is 16.7 Å². The van der Waals surface area contributed by atoms with E-state index in [1.165, 1.54) is 12.1 Å². The third kappa shape index (κ3) is 5.30. The van der Waals surface area contributed by atoms with Gasteiger partial charge in [-0.25, -0.2) is 4.79 Å². The maximum Gasteiger partial charge on any atom is 0.335 e. The predicted octanol–water partition coefficient (Wildman–Crippen LogP) is 4.70. The van der Waals surface area contributed by atoms with Crippen molar-refractivity contribution in [3.05, 3.63) is 82.2 Å². The van der Waals surface area contributed by atoms with Crippen LogP contribution in [0.3, 0.4) is 0 Å². The summed E-state index contributed by atoms with van der Waals surface area (Å²) in [5, 5.41) is 28.5. The van der Waals surface area contributed by atoms with Gasteiger partial charge >= 0.3 is 5.97 Å². The van der Waals surface area contributed by atoms with Gasteiger partial charge in [-0.1, -0.05) is 53.7 Å². The van der Waals surface area contributed by atoms with Gasteiger partial charge in [-0.15, -0.1) is 0 Å². The summed E-state index contributed by atoms with van der Waals surface area (Å²) in [6, 6.07) is 10.0. The standard InChI is InChI=1S/C27H33N3O4/c1-26(2,3)20-13-19(14-21(23(20)32)27(4,5)6)22(31)16-30-12-11-29(25(30)28)15-17-7-9-18(10-8-17)24(33)34/h7-14,28,32H,15-16H2,1-6H3,(H,33,34). The number of nitrogens with zero attached hydrogens (tertiary/aromatic N) is 2. The number of benzene rings is 2. The molecule has 0 atom stereocenters. The Bertz CT molecular complexity index is 1250. The van der Waals surface area contributed by atoms with E-state index in [4.69, 9.17) is 10.5 Å². The SMILES string of the molecule is CC(C)(C)c1cc(C(=O)Cn2ccn(Cc3ccc(C(=O)O)cc3)c2=N)cc(C(C)(C)C)c1O. The Kier molecular flexibility index (Phi) is 6.60. The molecule has 1 heterocycles. The summed E-state index contributed by atoms with van der Waals surface area (Å²) in [5.74, 6) is -0.896. The van der Waals surface area contributed by atoms with E-state index < -0.39 is 5.97 Å². The number of hydrogen-bond acceptors (Lipinski definition) is 4. The second kappa shape index (κ2) is 8.97. The molecular formula is C27H33N3O4. The first-order valence-corrected chi connectivity index (χ1v) is 11.2. The van der Waals surface area contributed by atoms with Crippen LogP contribution < -0.4 is 5.62 Å². The summed E-state index contributed by atoms with van der Waals surface area (Å²) in [4.78, 5) is 24.3. The van der Waals surface area contributed by atoms with E-state index in [9.17, 15) is 14.7 Å². The lowest BCUT2D eigenvalue weighted by molar-refractivity contribution is 0.0696. The summed E-state index contributed by atoms with van der Waals surface area (Å²) in [5.41, 5.74) is 2.51. The van der Waals surface area contributed by atoms with Crippen molar-refractivity contribution in [2.24, 2.45) is 0 Å². The monoisotopic (exact) mass is 463 g/mol. The molecule has 0 fully saturated rings. The normalized spacial score (nSPS) is 12.1. The summed E-state index contributed by atoms with van der Waals surface area (Å²) in [7, 11) is 0. The highest BCUT2D eigenvalue weighted by atomic mass is 16.4. The molecular weight excluding hydrogens is 430 g/mol. The van der Waals surface area contributed by atoms with Crippen molar-refractivity contribution in [3.8, 4) is 5.75 Å². The lowest BCUT2D eigenvalue weighted by atomic mass is 9.78. The molecule has 0 saturated heterocycles. The fourth-order valence-corrected chi connectivity index (χ4v) is 3.86. The van der Waals surface area contributed by atoms with Gasteiger partial charge in [-0.3, -0.25) is 10.2 Å². The molecule has 1 aromatic heterocycles. The van der Waals surface area contributed by atoms with Crippen LogP contribution in [0.2, 0.25) is 0 Å². The molecule has 3 aromatic rings. The van der Waals surface area contributed by atoms with Crippen molar-refractivity contribution < 1.29 is 19.8 Å². The molecule has 3 N–H and O–H groups in total. The first-order chi connectivity index (χ1) is 15.7. The highest BCUT2D eigenvalue weighted by Crippen LogP contribution is 2.39. The molecule has 3 rings (SSSR count). The van der Waals surface area contributed by atoms with Gasteiger partial charge in [0.25, 0.3) is 0 Å². The average Bonchev–Trinajstić information content (AvgIpc) is 3.06. The van der Waals surface area contributed by atoms with Gasteiger partial charge in [-0.05, 0) is 40.7 Å². The molecule has 0 saturated carbocycles. The Labute approximate surface area is 199 Å². The fraction of sp³-hybridized carbons (Fsp3) is 0.370. The van der Waals surface area contributed by atoms with Crippen LogP contribution in [0.4, 0.5) is 0 Å². The maximum absolute atomic E-state index is 13.3. The first-order valence-electron chi connectivity index (χ1n) is 11.2. The van der Waals surface area contributed by atoms with Crippen molar-refractivity contribution in [1.82, 2.24) is 9.13 Å². The number of rotatable bonds is 6. The van der Waals surface area contributed by atoms with Crippen LogP contribution in [0.25, 0.3) is 0 Å². The van der Waals surface area contributed by atoms with E-state index in [1.54, 1.807) is 45.8 Å². The van der Waals surface area contributed by atoms with Gasteiger partial charge in [0.2, 0.25) is 5.62 Å². The third-order valence-corrected chi connectivity index (χ3v) is 5.89. The van der Waals surface area contributed by atoms with E-state index >= 15 is 0 Å². The fourth-order valence-electron chi connectivity index (χ4n) is 3.86. The molecule has 180 valence electrons. The highest BCUT2D eigenvalue weighted by Gasteiger charge is 2.28. The molecule has 7 heteroatoms. The molecule has 0 bridgehead atoms. The van der Waals surface area contributed by atoms with Crippen LogP contribution >= 0.6 is 0 Å². The number of phenolic OH excluding ortho intramolecular Hbond substituents is 1. The molecule has 2 aromatic carbocycles. The molecule has 0 aliphatic carbocycles. The zero-order valence-electron chi connectivity index (χ0n) is 20.6. The minimum absolute atomic E-state index is 0.00171. The van der Waals surface area contributed by atoms with Gasteiger partial charge in [0.05, 0.1) is 18.7 Å². The van der Waals surface area contributed by atoms with Crippen LogP contribution in [0, 0.1) is 5.41 Å². The minimum atomic E-state index is -0.983. The van der Waals surface area contributed by atoms with E-state index in [1.807, 2.05) is 41.5 Å². The van der Waals surface area contributed by atoms with E-state index in [-0.39, 0.29) is 40.1 Å². The second-order valence-electron chi connectivity index (χ2n) is 10.7. The summed E-state index contributed by atoms with van der Waals surface area (Å²) in [6.07, 6.45) is 3.43. The van der Waals surface area contributed by atoms with Crippen LogP contribution in [0.5, 0.6) is 5.75 Å². The van der Waals surface area contributed by atoms with Crippen molar-refractivity contribution in [3.63, 3.8) is 0 Å². The van der Waals surface area contributed by atoms with E-state index in [2.05, 4.69) is 0 Å². The van der Waals surface area contributed by atoms with Gasteiger partial charge in [-0.2, -0.15) is 0 Å². The largest absolute Gasteiger partial charge is 0.507 e. The molecule has 0 spiro atoms. The zero-order valence-corrected chi connectivity index (χ0v) is 20.6. The quantitative estimate of drug-likeness (QED) is 0.461. The average molecular weight is 464 g/mol. The number of ketones is 1. The molecule has 0 amide bonds. The number of Topliss-reactive ketones (excluding diaryl/α,β-unsaturated/α-hetero) is 1. The number of aromatic carboxylic acids is 1. The number of carbonyl (C=O) groups is 2. The molecule has 0 aliphatic heterocycles. The number of aromatic nitrogens is 2. The Morgan fingerprint density at radius 2 is 1.35 bits per heavy atom. The van der Waals surface area contributed by atoms with Crippen molar-refractivity contribution in [2.75, 3.05) is 0 Å². The first kappa shape index (κ1) is 25.0. The number of carboxylic acid groups (broad SMARTS) is 1. The number of carbonyl (C=O) groups excluding carboxylic acids is 1. The Morgan fingerprint density at radius 3 is 1.82 bits per heavy atom. The van der Waals surface area contributed by atoms with Crippen molar-refractivity contribution in [1.29, 1.82) is 5.41 Å². The van der Waals surface area contributed by atoms with E-state index in [0.29, 0.717) is 12.1 Å². The predicted molar refractivity (Wildman–Crippen MR) is 131 cm³/mol. The molecule has 0 radical (unpaired) electrons. The highest BCUT2D eigenvalue weighted by molar-refractivity contribution is 5.96. The number of imidazole rings is 1. The van der Waals surface area contributed by atoms with Crippen LogP contribution in [0.15, 0.2) is 48.8 Å². The second-order valence-corrected chi connectivity index (χ2v) is 10.7. The number of nitrogens with one attached hydrogen (secondary N) is 1. The number of carboxylic acids is 1. The Balaban J connectivity index is 1.88. The van der Waals surface area contributed by atoms with Crippen LogP contribution in [-0.4, -0.2) is 31.1 Å². The Morgan fingerprint density at radius 1 is 0.853 bits per heavy atom. The number of hydrogen-bond donors (Lipinski definition) is 3. The van der Waals surface area contributed by atoms with Crippen LogP contribution in [0.1, 0.15) is 78.9 Å². The minimum Gasteiger partial charge on any atom is -0.507 e. The summed E-state index contributed by atoms with van der Waals surface area (Å²) < 4.78 is 3.27. The number of phenols is 1. The smallest absolute Gasteiger partial charge is 0.335 e. The van der Waals surface area contributed by atoms with Crippen molar-refractivity contribution >= 4 is 11.8 Å². The number of aromatic hydroxyl groups is 1. The molecule has 0 unspecified atom stereocenters. The summed E-state index contributed by atoms with van der Waals surface area (Å²) in [6.45, 7) is 12.4. The van der Waals surface area contributed by atoms with Gasteiger partial charge in [0, 0.05) is 29.1 Å². The molecule has 34 heavy (non-hydrogen) atoms. The van der Waals surface area contributed by atoms with Crippen molar-refractivity contribution in [2.45, 2.75) is 65.5 Å². The Hall–Kier alpha value is -3.61. The zero-order chi connectivity index (χ0) is 25.4. The molecule has 0 aliphatic rings. The topological polar surface area (TPSA) is 108 Å². The third-order valence-electron chi connectivity index (χ3n) is 5.89. The molecule has 7 nitrogen and oxygen atoms in total. The lowest BCUT2D eigenvalue weighted by Crippen LogP contribution is -2.27.